The van der Waals surface area contributed by atoms with Gasteiger partial charge in [0.25, 0.3) is 0 Å². The van der Waals surface area contributed by atoms with Crippen LogP contribution in [0.25, 0.3) is 0 Å². The van der Waals surface area contributed by atoms with Gasteiger partial charge in [0.05, 0.1) is 0 Å². The molecule has 4 heteroatoms. The van der Waals surface area contributed by atoms with Crippen LogP contribution in [-0.4, -0.2) is 16.9 Å². The highest BCUT2D eigenvalue weighted by molar-refractivity contribution is 5.83. The molecule has 2 fully saturated rings. The highest BCUT2D eigenvalue weighted by atomic mass is 16.5. The number of ketones is 1. The van der Waals surface area contributed by atoms with E-state index in [1.54, 1.807) is 0 Å². The maximum Gasteiger partial charge on any atom is 0.311 e. The number of esters is 1. The minimum Gasteiger partial charge on any atom is -0.504 e. The fourth-order valence-corrected chi connectivity index (χ4v) is 7.60. The lowest BCUT2D eigenvalue weighted by Crippen LogP contribution is -2.35. The zero-order valence-electron chi connectivity index (χ0n) is 24.4. The van der Waals surface area contributed by atoms with Crippen LogP contribution in [0.5, 0.6) is 11.5 Å². The van der Waals surface area contributed by atoms with Gasteiger partial charge in [-0.1, -0.05) is 70.4 Å². The lowest BCUT2D eigenvalue weighted by atomic mass is 9.61. The molecule has 0 saturated heterocycles. The van der Waals surface area contributed by atoms with Crippen molar-refractivity contribution in [2.75, 3.05) is 0 Å². The topological polar surface area (TPSA) is 63.6 Å². The number of phenolic OH excluding ortho intramolecular Hbond substituents is 1. The predicted molar refractivity (Wildman–Crippen MR) is 158 cm³/mol. The summed E-state index contributed by atoms with van der Waals surface area (Å²) in [6.45, 7) is 2.26. The molecule has 1 N–H and O–H groups in total. The van der Waals surface area contributed by atoms with Gasteiger partial charge in [-0.05, 0) is 105 Å². The van der Waals surface area contributed by atoms with Gasteiger partial charge in [0.15, 0.2) is 11.5 Å². The third kappa shape index (κ3) is 8.44. The van der Waals surface area contributed by atoms with Crippen molar-refractivity contribution in [3.05, 3.63) is 35.4 Å². The van der Waals surface area contributed by atoms with Crippen LogP contribution in [0.2, 0.25) is 0 Å². The molecule has 0 radical (unpaired) electrons. The first-order chi connectivity index (χ1) is 19.1. The van der Waals surface area contributed by atoms with Crippen molar-refractivity contribution >= 4 is 11.8 Å². The Labute approximate surface area is 237 Å². The third-order valence-electron chi connectivity index (χ3n) is 9.74. The number of hydrogen-bond donors (Lipinski definition) is 1. The minimum atomic E-state index is -0.249. The van der Waals surface area contributed by atoms with E-state index in [9.17, 15) is 14.7 Å². The van der Waals surface area contributed by atoms with Gasteiger partial charge in [0, 0.05) is 18.8 Å². The maximum atomic E-state index is 12.5. The number of carbonyl (C=O) groups is 2. The number of fused-ring (bicyclic) bond motifs is 5. The van der Waals surface area contributed by atoms with Crippen molar-refractivity contribution < 1.29 is 19.4 Å². The van der Waals surface area contributed by atoms with Gasteiger partial charge < -0.3 is 9.84 Å². The molecule has 0 aromatic heterocycles. The Morgan fingerprint density at radius 3 is 2.18 bits per heavy atom. The predicted octanol–water partition coefficient (Wildman–Crippen LogP) is 9.37. The Hall–Kier alpha value is -2.10. The molecule has 1 aromatic rings. The molecule has 3 aliphatic carbocycles. The number of allylic oxidation sites excluding steroid dienone is 2. The van der Waals surface area contributed by atoms with Crippen molar-refractivity contribution in [3.8, 4) is 11.5 Å². The Morgan fingerprint density at radius 1 is 0.821 bits per heavy atom. The Kier molecular flexibility index (Phi) is 12.0. The fraction of sp³-hybridized carbons (Fsp3) is 0.714. The van der Waals surface area contributed by atoms with Gasteiger partial charge in [0.1, 0.15) is 5.78 Å². The Balaban J connectivity index is 1.09. The number of phenols is 1. The second kappa shape index (κ2) is 15.6. The van der Waals surface area contributed by atoms with Crippen molar-refractivity contribution in [1.29, 1.82) is 0 Å². The van der Waals surface area contributed by atoms with Crippen molar-refractivity contribution in [2.24, 2.45) is 17.8 Å². The molecule has 0 aliphatic heterocycles. The molecule has 0 amide bonds. The lowest BCUT2D eigenvalue weighted by molar-refractivity contribution is -0.134. The van der Waals surface area contributed by atoms with Gasteiger partial charge in [-0.15, -0.1) is 0 Å². The van der Waals surface area contributed by atoms with Crippen molar-refractivity contribution in [1.82, 2.24) is 0 Å². The van der Waals surface area contributed by atoms with Crippen LogP contribution in [-0.2, 0) is 16.0 Å². The first-order valence-electron chi connectivity index (χ1n) is 16.3. The summed E-state index contributed by atoms with van der Waals surface area (Å²) in [5.74, 6) is 2.39. The highest BCUT2D eigenvalue weighted by Crippen LogP contribution is 2.55. The quantitative estimate of drug-likeness (QED) is 0.0989. The summed E-state index contributed by atoms with van der Waals surface area (Å²) < 4.78 is 5.61. The largest absolute Gasteiger partial charge is 0.504 e. The molecular formula is C35H52O4. The number of rotatable bonds is 16. The normalized spacial score (nSPS) is 24.0. The van der Waals surface area contributed by atoms with E-state index in [4.69, 9.17) is 4.74 Å². The number of benzene rings is 1. The molecule has 39 heavy (non-hydrogen) atoms. The average Bonchev–Trinajstić information content (AvgIpc) is 3.32. The number of ether oxygens (including phenoxy) is 1. The first kappa shape index (κ1) is 29.9. The maximum absolute atomic E-state index is 12.5. The van der Waals surface area contributed by atoms with E-state index < -0.39 is 0 Å². The smallest absolute Gasteiger partial charge is 0.311 e. The lowest BCUT2D eigenvalue weighted by Gasteiger charge is -2.43. The molecule has 3 aliphatic rings. The zero-order chi connectivity index (χ0) is 27.5. The van der Waals surface area contributed by atoms with Gasteiger partial charge >= 0.3 is 5.97 Å². The van der Waals surface area contributed by atoms with Crippen molar-refractivity contribution in [3.63, 3.8) is 0 Å². The van der Waals surface area contributed by atoms with Gasteiger partial charge in [-0.25, -0.2) is 0 Å². The number of unbranched alkanes of at least 4 members (excludes halogenated alkanes) is 11. The molecule has 4 unspecified atom stereocenters. The van der Waals surface area contributed by atoms with Crippen LogP contribution < -0.4 is 4.74 Å². The zero-order valence-corrected chi connectivity index (χ0v) is 24.4. The summed E-state index contributed by atoms with van der Waals surface area (Å²) in [7, 11) is 0. The van der Waals surface area contributed by atoms with Crippen LogP contribution in [0.15, 0.2) is 24.3 Å². The SMILES string of the molecule is CCCCCCCC/C=C\CCCCCCCC(=O)Oc1cc2c(cc1O)C1CCC3C(=O)CCC3C1CC2. The van der Waals surface area contributed by atoms with Crippen LogP contribution in [0.3, 0.4) is 0 Å². The Bertz CT molecular complexity index is 964. The van der Waals surface area contributed by atoms with Crippen molar-refractivity contribution in [2.45, 2.75) is 141 Å². The second-order valence-electron chi connectivity index (χ2n) is 12.5. The standard InChI is InChI=1S/C35H52O4/c1-2-3-4-5-6-7-8-9-10-11-12-13-14-15-16-17-35(38)39-34-24-26-18-19-27-28-22-23-32(36)30(28)21-20-29(27)31(26)25-33(34)37/h9-10,24-25,27-30,37H,2-8,11-23H2,1H3/b10-9-. The summed E-state index contributed by atoms with van der Waals surface area (Å²) in [5, 5.41) is 10.7. The fourth-order valence-electron chi connectivity index (χ4n) is 7.60. The molecule has 216 valence electrons. The van der Waals surface area contributed by atoms with Gasteiger partial charge in [-0.2, -0.15) is 0 Å². The molecule has 4 atom stereocenters. The van der Waals surface area contributed by atoms with Gasteiger partial charge in [-0.3, -0.25) is 9.59 Å². The van der Waals surface area contributed by atoms with Crippen LogP contribution >= 0.6 is 0 Å². The first-order valence-corrected chi connectivity index (χ1v) is 16.3. The van der Waals surface area contributed by atoms with Crippen LogP contribution in [0.1, 0.15) is 146 Å². The molecule has 0 spiro atoms. The molecule has 0 bridgehead atoms. The summed E-state index contributed by atoms with van der Waals surface area (Å²) in [6.07, 6.45) is 26.9. The van der Waals surface area contributed by atoms with Crippen LogP contribution in [0, 0.1) is 17.8 Å². The molecule has 2 saturated carbocycles. The molecule has 0 heterocycles. The number of Topliss-reactive ketones (excluding diaryl/α,β-unsaturated/α-hetero) is 1. The van der Waals surface area contributed by atoms with E-state index in [0.29, 0.717) is 35.7 Å². The number of aryl methyl sites for hydroxylation is 1. The van der Waals surface area contributed by atoms with E-state index in [2.05, 4.69) is 19.1 Å². The van der Waals surface area contributed by atoms with Gasteiger partial charge in [0.2, 0.25) is 0 Å². The van der Waals surface area contributed by atoms with E-state index in [-0.39, 0.29) is 17.6 Å². The summed E-state index contributed by atoms with van der Waals surface area (Å²) >= 11 is 0. The Morgan fingerprint density at radius 2 is 1.44 bits per heavy atom. The number of hydrogen-bond acceptors (Lipinski definition) is 4. The molecule has 4 nitrogen and oxygen atoms in total. The third-order valence-corrected chi connectivity index (χ3v) is 9.74. The monoisotopic (exact) mass is 536 g/mol. The summed E-state index contributed by atoms with van der Waals surface area (Å²) in [4.78, 5) is 24.7. The van der Waals surface area contributed by atoms with E-state index >= 15 is 0 Å². The number of carbonyl (C=O) groups excluding carboxylic acids is 2. The van der Waals surface area contributed by atoms with Crippen LogP contribution in [0.4, 0.5) is 0 Å². The second-order valence-corrected chi connectivity index (χ2v) is 12.5. The number of aromatic hydroxyl groups is 1. The molecule has 1 aromatic carbocycles. The molecule has 4 rings (SSSR count). The summed E-state index contributed by atoms with van der Waals surface area (Å²) in [5.41, 5.74) is 2.43. The van der Waals surface area contributed by atoms with E-state index in [0.717, 1.165) is 64.2 Å². The highest BCUT2D eigenvalue weighted by Gasteiger charge is 2.47. The van der Waals surface area contributed by atoms with E-state index in [1.165, 1.54) is 68.9 Å². The summed E-state index contributed by atoms with van der Waals surface area (Å²) in [6, 6.07) is 3.76. The minimum absolute atomic E-state index is 0.0805. The average molecular weight is 537 g/mol. The molecular weight excluding hydrogens is 484 g/mol. The van der Waals surface area contributed by atoms with E-state index in [1.807, 2.05) is 12.1 Å².